The van der Waals surface area contributed by atoms with E-state index in [0.29, 0.717) is 83.0 Å². The summed E-state index contributed by atoms with van der Waals surface area (Å²) in [5, 5.41) is 12.8. The van der Waals surface area contributed by atoms with Gasteiger partial charge in [-0.1, -0.05) is 36.4 Å². The minimum absolute atomic E-state index is 0.0293. The summed E-state index contributed by atoms with van der Waals surface area (Å²) in [5.41, 5.74) is 8.71. The molecular formula is C57H61N7O11. The smallest absolute Gasteiger partial charge is 0.258 e. The van der Waals surface area contributed by atoms with Crippen LogP contribution in [0.4, 0.5) is 17.1 Å². The lowest BCUT2D eigenvalue weighted by Gasteiger charge is -2.23. The van der Waals surface area contributed by atoms with Gasteiger partial charge in [0.1, 0.15) is 13.2 Å². The zero-order valence-corrected chi connectivity index (χ0v) is 42.3. The number of methoxy groups -OCH3 is 2. The molecule has 0 fully saturated rings. The number of anilines is 3. The van der Waals surface area contributed by atoms with Crippen LogP contribution < -0.4 is 55.3 Å². The molecule has 390 valence electrons. The van der Waals surface area contributed by atoms with Gasteiger partial charge >= 0.3 is 0 Å². The standard InChI is InChI=1S/C57H61N7O11/c1-58-51(65)14-8-9-15-52(66)59-29-53(67)60-30-54(68)61-31-55(69)62-40-21-34(32-74-49-25-36-16-18-41-23-38-10-4-6-12-45(38)63(41)56(70)43(36)27-47(49)72-2)20-35(22-40)33-75-50-26-37-17-19-42-24-39-11-5-7-13-46(39)64(42)57(71)44(37)28-48(50)73-3/h4-7,10-13,20-22,25-28,41-42H,8-9,14-19,23-24,29-33H2,1-3H3,(H,58,65)(H,59,66)(H,60,67)(H,61,68)(H,62,69)/t41-,42-/m1/s1. The molecule has 0 bridgehead atoms. The van der Waals surface area contributed by atoms with Crippen LogP contribution in [-0.4, -0.2) is 94.3 Å². The fourth-order valence-electron chi connectivity index (χ4n) is 10.4. The Balaban J connectivity index is 0.878. The number of para-hydroxylation sites is 2. The van der Waals surface area contributed by atoms with Crippen LogP contribution in [0.5, 0.6) is 23.0 Å². The van der Waals surface area contributed by atoms with E-state index in [-0.39, 0.29) is 61.9 Å². The maximum absolute atomic E-state index is 14.1. The van der Waals surface area contributed by atoms with Crippen molar-refractivity contribution in [3.8, 4) is 23.0 Å². The molecule has 9 rings (SSSR count). The van der Waals surface area contributed by atoms with E-state index in [2.05, 4.69) is 38.7 Å². The third kappa shape index (κ3) is 11.9. The van der Waals surface area contributed by atoms with Crippen molar-refractivity contribution in [2.24, 2.45) is 0 Å². The van der Waals surface area contributed by atoms with Gasteiger partial charge in [-0.2, -0.15) is 0 Å². The molecule has 18 heteroatoms. The normalized spacial score (nSPS) is 15.8. The van der Waals surface area contributed by atoms with Gasteiger partial charge in [0.05, 0.1) is 33.9 Å². The van der Waals surface area contributed by atoms with E-state index >= 15 is 0 Å². The highest BCUT2D eigenvalue weighted by atomic mass is 16.5. The van der Waals surface area contributed by atoms with E-state index in [1.54, 1.807) is 31.3 Å². The molecule has 75 heavy (non-hydrogen) atoms. The van der Waals surface area contributed by atoms with E-state index < -0.39 is 30.8 Å². The number of hydrogen-bond acceptors (Lipinski definition) is 11. The molecule has 4 aliphatic heterocycles. The number of fused-ring (bicyclic) bond motifs is 8. The van der Waals surface area contributed by atoms with Gasteiger partial charge in [0, 0.05) is 60.2 Å². The van der Waals surface area contributed by atoms with E-state index in [4.69, 9.17) is 18.9 Å². The summed E-state index contributed by atoms with van der Waals surface area (Å²) in [6, 6.07) is 28.7. The van der Waals surface area contributed by atoms with Gasteiger partial charge in [-0.25, -0.2) is 0 Å². The Morgan fingerprint density at radius 3 is 1.47 bits per heavy atom. The second-order valence-corrected chi connectivity index (χ2v) is 19.1. The highest BCUT2D eigenvalue weighted by Crippen LogP contribution is 2.43. The molecule has 2 atom stereocenters. The number of ether oxygens (including phenoxy) is 4. The van der Waals surface area contributed by atoms with Crippen LogP contribution in [0, 0.1) is 0 Å². The quantitative estimate of drug-likeness (QED) is 0.0614. The molecule has 0 aromatic heterocycles. The summed E-state index contributed by atoms with van der Waals surface area (Å²) in [7, 11) is 4.60. The molecule has 4 heterocycles. The summed E-state index contributed by atoms with van der Waals surface area (Å²) >= 11 is 0. The molecule has 5 N–H and O–H groups in total. The van der Waals surface area contributed by atoms with Crippen molar-refractivity contribution < 1.29 is 52.5 Å². The van der Waals surface area contributed by atoms with E-state index in [1.807, 2.05) is 64.4 Å². The molecule has 0 saturated heterocycles. The van der Waals surface area contributed by atoms with Crippen LogP contribution in [-0.2, 0) is 62.9 Å². The Morgan fingerprint density at radius 1 is 0.533 bits per heavy atom. The lowest BCUT2D eigenvalue weighted by molar-refractivity contribution is -0.128. The maximum atomic E-state index is 14.1. The Bertz CT molecular complexity index is 2890. The Morgan fingerprint density at radius 2 is 0.987 bits per heavy atom. The maximum Gasteiger partial charge on any atom is 0.258 e. The first-order valence-corrected chi connectivity index (χ1v) is 25.3. The number of carbonyl (C=O) groups is 7. The first-order valence-electron chi connectivity index (χ1n) is 25.3. The number of amides is 7. The largest absolute Gasteiger partial charge is 0.493 e. The van der Waals surface area contributed by atoms with Gasteiger partial charge < -0.3 is 55.3 Å². The number of hydrogen-bond donors (Lipinski definition) is 5. The summed E-state index contributed by atoms with van der Waals surface area (Å²) in [6.07, 6.45) is 5.93. The molecule has 4 aliphatic rings. The van der Waals surface area contributed by atoms with Crippen LogP contribution in [0.1, 0.15) is 92.6 Å². The van der Waals surface area contributed by atoms with Crippen molar-refractivity contribution >= 4 is 58.4 Å². The Kier molecular flexibility index (Phi) is 15.9. The number of aryl methyl sites for hydroxylation is 2. The second kappa shape index (κ2) is 23.2. The Labute approximate surface area is 434 Å². The van der Waals surface area contributed by atoms with Crippen LogP contribution in [0.2, 0.25) is 0 Å². The number of nitrogens with one attached hydrogen (secondary N) is 5. The Hall–Kier alpha value is -8.41. The van der Waals surface area contributed by atoms with Gasteiger partial charge in [0.15, 0.2) is 23.0 Å². The van der Waals surface area contributed by atoms with E-state index in [9.17, 15) is 33.6 Å². The molecule has 5 aromatic carbocycles. The van der Waals surface area contributed by atoms with Crippen molar-refractivity contribution in [2.45, 2.75) is 89.5 Å². The monoisotopic (exact) mass is 1020 g/mol. The lowest BCUT2D eigenvalue weighted by Crippen LogP contribution is -2.43. The number of rotatable bonds is 20. The highest BCUT2D eigenvalue weighted by molar-refractivity contribution is 6.10. The van der Waals surface area contributed by atoms with Crippen molar-refractivity contribution in [2.75, 3.05) is 56.0 Å². The zero-order chi connectivity index (χ0) is 52.6. The fourth-order valence-corrected chi connectivity index (χ4v) is 10.4. The first-order chi connectivity index (χ1) is 36.4. The van der Waals surface area contributed by atoms with Crippen LogP contribution in [0.15, 0.2) is 91.0 Å². The topological polar surface area (TPSA) is 223 Å². The highest BCUT2D eigenvalue weighted by Gasteiger charge is 2.39. The first kappa shape index (κ1) is 51.5. The summed E-state index contributed by atoms with van der Waals surface area (Å²) in [4.78, 5) is 93.9. The summed E-state index contributed by atoms with van der Waals surface area (Å²) < 4.78 is 24.5. The van der Waals surface area contributed by atoms with Crippen LogP contribution >= 0.6 is 0 Å². The molecular weight excluding hydrogens is 959 g/mol. The molecule has 0 saturated carbocycles. The van der Waals surface area contributed by atoms with Crippen LogP contribution in [0.25, 0.3) is 0 Å². The third-order valence-electron chi connectivity index (χ3n) is 14.1. The SMILES string of the molecule is CNC(=O)CCCCC(=O)NCC(=O)NCC(=O)NCC(=O)Nc1cc(COc2cc3c(cc2OC)C(=O)N2c4ccccc4C[C@H]2CC3)cc(COc2cc3c(cc2OC)C(=O)N2c4ccccc4C[C@H]2CC3)c1. The van der Waals surface area contributed by atoms with Gasteiger partial charge in [-0.3, -0.25) is 33.6 Å². The minimum Gasteiger partial charge on any atom is -0.493 e. The number of benzene rings is 5. The molecule has 0 spiro atoms. The van der Waals surface area contributed by atoms with Gasteiger partial charge in [-0.05, 0) is 139 Å². The molecule has 7 amide bonds. The van der Waals surface area contributed by atoms with Gasteiger partial charge in [0.2, 0.25) is 29.5 Å². The third-order valence-corrected chi connectivity index (χ3v) is 14.1. The molecule has 0 aliphatic carbocycles. The average molecular weight is 1020 g/mol. The van der Waals surface area contributed by atoms with Gasteiger partial charge in [0.25, 0.3) is 11.8 Å². The van der Waals surface area contributed by atoms with Crippen molar-refractivity contribution in [3.63, 3.8) is 0 Å². The summed E-state index contributed by atoms with van der Waals surface area (Å²) in [5.74, 6) is -0.728. The predicted molar refractivity (Wildman–Crippen MR) is 279 cm³/mol. The average Bonchev–Trinajstić information content (AvgIpc) is 3.92. The molecule has 5 aromatic rings. The molecule has 18 nitrogen and oxygen atoms in total. The van der Waals surface area contributed by atoms with E-state index in [0.717, 1.165) is 59.3 Å². The van der Waals surface area contributed by atoms with Crippen molar-refractivity contribution in [3.05, 3.63) is 136 Å². The predicted octanol–water partition coefficient (Wildman–Crippen LogP) is 5.49. The van der Waals surface area contributed by atoms with Crippen LogP contribution in [0.3, 0.4) is 0 Å². The summed E-state index contributed by atoms with van der Waals surface area (Å²) in [6.45, 7) is -1.13. The second-order valence-electron chi connectivity index (χ2n) is 19.1. The van der Waals surface area contributed by atoms with E-state index in [1.165, 1.54) is 14.2 Å². The fraction of sp³-hybridized carbons (Fsp3) is 0.351. The molecule has 0 unspecified atom stereocenters. The number of unbranched alkanes of at least 4 members (excludes halogenated alkanes) is 1. The zero-order valence-electron chi connectivity index (χ0n) is 42.3. The number of nitrogens with zero attached hydrogens (tertiary/aromatic N) is 2. The van der Waals surface area contributed by atoms with Crippen molar-refractivity contribution in [1.82, 2.24) is 21.3 Å². The number of carbonyl (C=O) groups excluding carboxylic acids is 7. The minimum atomic E-state index is -0.626. The lowest BCUT2D eigenvalue weighted by atomic mass is 9.99. The van der Waals surface area contributed by atoms with Crippen molar-refractivity contribution in [1.29, 1.82) is 0 Å². The molecule has 0 radical (unpaired) electrons. The van der Waals surface area contributed by atoms with Gasteiger partial charge in [-0.15, -0.1) is 0 Å².